The molecule has 0 atom stereocenters. The molecule has 0 spiro atoms. The van der Waals surface area contributed by atoms with Crippen molar-refractivity contribution < 1.29 is 12.9 Å². The third kappa shape index (κ3) is 6.54. The summed E-state index contributed by atoms with van der Waals surface area (Å²) in [7, 11) is -0.190. The van der Waals surface area contributed by atoms with Crippen LogP contribution in [-0.2, 0) is 23.1 Å². The van der Waals surface area contributed by atoms with Crippen molar-refractivity contribution in [1.29, 1.82) is 0 Å². The summed E-state index contributed by atoms with van der Waals surface area (Å²) < 4.78 is 31.9. The topological polar surface area (TPSA) is 99.8 Å². The first-order valence-electron chi connectivity index (χ1n) is 10.7. The monoisotopic (exact) mass is 449 g/mol. The van der Waals surface area contributed by atoms with Crippen molar-refractivity contribution in [2.24, 2.45) is 4.99 Å². The Bertz CT molecular complexity index is 948. The van der Waals surface area contributed by atoms with E-state index in [1.807, 2.05) is 19.9 Å². The summed E-state index contributed by atoms with van der Waals surface area (Å²) in [5, 5.41) is 10.6. The molecule has 0 aliphatic heterocycles. The smallest absolute Gasteiger partial charge is 0.243 e. The fourth-order valence-electron chi connectivity index (χ4n) is 3.11. The summed E-state index contributed by atoms with van der Waals surface area (Å²) in [6.07, 6.45) is 2.07. The molecule has 0 amide bonds. The van der Waals surface area contributed by atoms with Crippen molar-refractivity contribution in [3.05, 3.63) is 47.3 Å². The minimum atomic E-state index is -3.48. The van der Waals surface area contributed by atoms with Gasteiger partial charge in [-0.2, -0.15) is 4.31 Å². The normalized spacial score (nSPS) is 12.7. The number of hydrogen-bond donors (Lipinski definition) is 2. The Morgan fingerprint density at radius 2 is 1.74 bits per heavy atom. The molecule has 0 bridgehead atoms. The highest BCUT2D eigenvalue weighted by molar-refractivity contribution is 7.89. The van der Waals surface area contributed by atoms with Gasteiger partial charge in [0, 0.05) is 38.7 Å². The zero-order valence-corrected chi connectivity index (χ0v) is 20.2. The van der Waals surface area contributed by atoms with Crippen molar-refractivity contribution in [1.82, 2.24) is 20.1 Å². The molecule has 9 heteroatoms. The summed E-state index contributed by atoms with van der Waals surface area (Å²) >= 11 is 0. The van der Waals surface area contributed by atoms with E-state index in [1.165, 1.54) is 4.31 Å². The molecule has 0 aliphatic carbocycles. The molecule has 2 aromatic rings. The van der Waals surface area contributed by atoms with Gasteiger partial charge in [0.2, 0.25) is 10.0 Å². The molecule has 172 valence electrons. The van der Waals surface area contributed by atoms with Crippen LogP contribution in [0, 0.1) is 0 Å². The van der Waals surface area contributed by atoms with Crippen LogP contribution >= 0.6 is 0 Å². The minimum Gasteiger partial charge on any atom is -0.359 e. The number of rotatable bonds is 10. The maximum Gasteiger partial charge on any atom is 0.243 e. The minimum absolute atomic E-state index is 0.101. The Labute approximate surface area is 186 Å². The van der Waals surface area contributed by atoms with E-state index in [0.29, 0.717) is 25.0 Å². The summed E-state index contributed by atoms with van der Waals surface area (Å²) in [5.41, 5.74) is 1.94. The van der Waals surface area contributed by atoms with Crippen molar-refractivity contribution in [2.45, 2.75) is 70.5 Å². The predicted octanol–water partition coefficient (Wildman–Crippen LogP) is 3.47. The highest BCUT2D eigenvalue weighted by atomic mass is 32.2. The van der Waals surface area contributed by atoms with E-state index in [1.54, 1.807) is 38.4 Å². The second kappa shape index (κ2) is 11.3. The van der Waals surface area contributed by atoms with Crippen molar-refractivity contribution in [3.8, 4) is 0 Å². The maximum atomic E-state index is 12.6. The van der Waals surface area contributed by atoms with Crippen LogP contribution in [0.4, 0.5) is 0 Å². The zero-order chi connectivity index (χ0) is 23.0. The van der Waals surface area contributed by atoms with Gasteiger partial charge in [0.05, 0.1) is 17.1 Å². The van der Waals surface area contributed by atoms with Crippen LogP contribution in [-0.4, -0.2) is 44.0 Å². The van der Waals surface area contributed by atoms with Crippen LogP contribution in [0.2, 0.25) is 0 Å². The fourth-order valence-corrected chi connectivity index (χ4v) is 4.48. The van der Waals surface area contributed by atoms with Crippen molar-refractivity contribution in [2.75, 3.05) is 14.1 Å². The van der Waals surface area contributed by atoms with Gasteiger partial charge in [0.15, 0.2) is 11.7 Å². The van der Waals surface area contributed by atoms with Gasteiger partial charge in [-0.05, 0) is 44.4 Å². The summed E-state index contributed by atoms with van der Waals surface area (Å²) in [5.74, 6) is 1.80. The molecule has 0 saturated carbocycles. The molecule has 1 aromatic carbocycles. The number of guanidine groups is 1. The summed E-state index contributed by atoms with van der Waals surface area (Å²) in [6.45, 7) is 8.98. The third-order valence-electron chi connectivity index (χ3n) is 5.42. The number of hydrogen-bond acceptors (Lipinski definition) is 5. The first-order valence-corrected chi connectivity index (χ1v) is 12.1. The lowest BCUT2D eigenvalue weighted by atomic mass is 9.99. The van der Waals surface area contributed by atoms with Gasteiger partial charge in [-0.3, -0.25) is 4.99 Å². The summed E-state index contributed by atoms with van der Waals surface area (Å²) in [4.78, 5) is 4.51. The van der Waals surface area contributed by atoms with Crippen molar-refractivity contribution >= 4 is 16.0 Å². The van der Waals surface area contributed by atoms with Crippen LogP contribution in [0.25, 0.3) is 0 Å². The highest BCUT2D eigenvalue weighted by Crippen LogP contribution is 2.22. The molecule has 31 heavy (non-hydrogen) atoms. The van der Waals surface area contributed by atoms with E-state index in [4.69, 9.17) is 4.52 Å². The molecule has 0 fully saturated rings. The summed E-state index contributed by atoms with van der Waals surface area (Å²) in [6, 6.07) is 8.77. The van der Waals surface area contributed by atoms with Crippen LogP contribution < -0.4 is 10.6 Å². The number of aromatic nitrogens is 1. The van der Waals surface area contributed by atoms with Gasteiger partial charge in [-0.15, -0.1) is 0 Å². The van der Waals surface area contributed by atoms with E-state index in [9.17, 15) is 8.42 Å². The van der Waals surface area contributed by atoms with Gasteiger partial charge in [-0.25, -0.2) is 8.42 Å². The predicted molar refractivity (Wildman–Crippen MR) is 123 cm³/mol. The van der Waals surface area contributed by atoms with Gasteiger partial charge >= 0.3 is 0 Å². The Hall–Kier alpha value is -2.39. The lowest BCUT2D eigenvalue weighted by Gasteiger charge is -2.21. The van der Waals surface area contributed by atoms with Gasteiger partial charge in [-0.1, -0.05) is 31.1 Å². The number of aliphatic imine (C=N–C) groups is 1. The van der Waals surface area contributed by atoms with E-state index in [0.717, 1.165) is 29.9 Å². The Balaban J connectivity index is 1.91. The Morgan fingerprint density at radius 3 is 2.29 bits per heavy atom. The fraction of sp³-hybridized carbons (Fsp3) is 0.545. The van der Waals surface area contributed by atoms with E-state index < -0.39 is 10.0 Å². The number of nitrogens with one attached hydrogen (secondary N) is 2. The molecular formula is C22H35N5O3S. The number of sulfonamides is 1. The third-order valence-corrected chi connectivity index (χ3v) is 7.47. The molecule has 1 heterocycles. The average molecular weight is 450 g/mol. The molecule has 1 aromatic heterocycles. The molecule has 2 N–H and O–H groups in total. The van der Waals surface area contributed by atoms with Crippen LogP contribution in [0.5, 0.6) is 0 Å². The second-order valence-electron chi connectivity index (χ2n) is 7.77. The van der Waals surface area contributed by atoms with E-state index >= 15 is 0 Å². The van der Waals surface area contributed by atoms with Gasteiger partial charge in [0.1, 0.15) is 0 Å². The standard InChI is InChI=1S/C22H35N5O3S/c1-7-18(8-2)21-13-19(30-26-21)15-25-22(23-5)24-14-17-9-11-20(12-10-17)31(28,29)27(6)16(3)4/h9-13,16,18H,7-8,14-15H2,1-6H3,(H2,23,24,25). The molecule has 2 rings (SSSR count). The highest BCUT2D eigenvalue weighted by Gasteiger charge is 2.22. The maximum absolute atomic E-state index is 12.6. The Kier molecular flexibility index (Phi) is 9.06. The molecule has 0 aliphatic rings. The Morgan fingerprint density at radius 1 is 1.13 bits per heavy atom. The largest absolute Gasteiger partial charge is 0.359 e. The van der Waals surface area contributed by atoms with Gasteiger partial charge in [0.25, 0.3) is 0 Å². The zero-order valence-electron chi connectivity index (χ0n) is 19.3. The molecule has 8 nitrogen and oxygen atoms in total. The molecule has 0 unspecified atom stereocenters. The SMILES string of the molecule is CCC(CC)c1cc(CNC(=NC)NCc2ccc(S(=O)(=O)N(C)C(C)C)cc2)on1. The lowest BCUT2D eigenvalue weighted by Crippen LogP contribution is -2.36. The van der Waals surface area contributed by atoms with Crippen LogP contribution in [0.1, 0.15) is 63.5 Å². The van der Waals surface area contributed by atoms with Gasteiger partial charge < -0.3 is 15.2 Å². The number of benzene rings is 1. The van der Waals surface area contributed by atoms with Crippen molar-refractivity contribution in [3.63, 3.8) is 0 Å². The molecule has 0 radical (unpaired) electrons. The molecular weight excluding hydrogens is 414 g/mol. The lowest BCUT2D eigenvalue weighted by molar-refractivity contribution is 0.368. The van der Waals surface area contributed by atoms with Crippen LogP contribution in [0.3, 0.4) is 0 Å². The van der Waals surface area contributed by atoms with Crippen LogP contribution in [0.15, 0.2) is 44.7 Å². The second-order valence-corrected chi connectivity index (χ2v) is 9.77. The average Bonchev–Trinajstić information content (AvgIpc) is 3.23. The molecule has 0 saturated heterocycles. The first-order chi connectivity index (χ1) is 14.7. The van der Waals surface area contributed by atoms with E-state index in [-0.39, 0.29) is 10.9 Å². The first kappa shape index (κ1) is 24.9. The number of nitrogens with zero attached hydrogens (tertiary/aromatic N) is 3. The van der Waals surface area contributed by atoms with E-state index in [2.05, 4.69) is 34.6 Å². The quantitative estimate of drug-likeness (QED) is 0.426.